The lowest BCUT2D eigenvalue weighted by Gasteiger charge is -2.09. The van der Waals surface area contributed by atoms with Crippen LogP contribution in [0, 0.1) is 0 Å². The van der Waals surface area contributed by atoms with Crippen molar-refractivity contribution in [2.45, 2.75) is 36.7 Å². The van der Waals surface area contributed by atoms with Crippen LogP contribution in [-0.4, -0.2) is 22.2 Å². The predicted octanol–water partition coefficient (Wildman–Crippen LogP) is 1.77. The summed E-state index contributed by atoms with van der Waals surface area (Å²) >= 11 is 8.49. The van der Waals surface area contributed by atoms with Gasteiger partial charge < -0.3 is 5.11 Å². The highest BCUT2D eigenvalue weighted by atomic mass is 32.1. The molecule has 0 aliphatic carbocycles. The highest BCUT2D eigenvalue weighted by Gasteiger charge is 2.04. The van der Waals surface area contributed by atoms with Crippen LogP contribution < -0.4 is 0 Å². The van der Waals surface area contributed by atoms with Crippen molar-refractivity contribution >= 4 is 25.3 Å². The van der Waals surface area contributed by atoms with E-state index in [0.717, 1.165) is 19.3 Å². The van der Waals surface area contributed by atoms with Crippen molar-refractivity contribution in [2.75, 3.05) is 6.61 Å². The fraction of sp³-hybridized carbons (Fsp3) is 1.00. The van der Waals surface area contributed by atoms with Gasteiger partial charge in [0.25, 0.3) is 0 Å². The molecule has 0 bridgehead atoms. The van der Waals surface area contributed by atoms with Crippen molar-refractivity contribution in [3.8, 4) is 0 Å². The lowest BCUT2D eigenvalue weighted by Crippen LogP contribution is -2.07. The molecule has 0 radical (unpaired) electrons. The third kappa shape index (κ3) is 5.45. The minimum Gasteiger partial charge on any atom is -0.395 e. The summed E-state index contributed by atoms with van der Waals surface area (Å²) in [5.41, 5.74) is 0. The summed E-state index contributed by atoms with van der Waals surface area (Å²) in [5, 5.41) is 9.23. The molecule has 0 aromatic carbocycles. The first-order valence-corrected chi connectivity index (χ1v) is 4.71. The van der Waals surface area contributed by atoms with Gasteiger partial charge in [-0.2, -0.15) is 25.3 Å². The van der Waals surface area contributed by atoms with Crippen LogP contribution in [0.1, 0.15) is 26.2 Å². The maximum Gasteiger partial charge on any atom is 0.0547 e. The summed E-state index contributed by atoms with van der Waals surface area (Å²) in [5.74, 6) is 0. The average Bonchev–Trinajstić information content (AvgIpc) is 1.99. The van der Waals surface area contributed by atoms with Crippen molar-refractivity contribution in [1.29, 1.82) is 0 Å². The number of rotatable bonds is 5. The molecule has 0 saturated carbocycles. The second-order valence-corrected chi connectivity index (χ2v) is 3.94. The lowest BCUT2D eigenvalue weighted by atomic mass is 10.1. The fourth-order valence-electron chi connectivity index (χ4n) is 0.680. The molecule has 0 aliphatic rings. The van der Waals surface area contributed by atoms with Crippen LogP contribution in [0.4, 0.5) is 0 Å². The standard InChI is InChI=1S/C7H16OS2/c1-2-6(9)3-4-7(10)5-8/h6-10H,2-5H2,1H3. The molecule has 1 N–H and O–H groups in total. The highest BCUT2D eigenvalue weighted by molar-refractivity contribution is 7.81. The van der Waals surface area contributed by atoms with Crippen molar-refractivity contribution in [2.24, 2.45) is 0 Å². The smallest absolute Gasteiger partial charge is 0.0547 e. The third-order valence-electron chi connectivity index (χ3n) is 1.52. The predicted molar refractivity (Wildman–Crippen MR) is 52.2 cm³/mol. The molecule has 2 unspecified atom stereocenters. The Morgan fingerprint density at radius 2 is 1.70 bits per heavy atom. The van der Waals surface area contributed by atoms with E-state index in [9.17, 15) is 0 Å². The largest absolute Gasteiger partial charge is 0.395 e. The van der Waals surface area contributed by atoms with E-state index in [2.05, 4.69) is 32.2 Å². The molecule has 0 spiro atoms. The third-order valence-corrected chi connectivity index (χ3v) is 2.56. The zero-order valence-electron chi connectivity index (χ0n) is 6.32. The Labute approximate surface area is 74.0 Å². The van der Waals surface area contributed by atoms with Crippen LogP contribution in [0.2, 0.25) is 0 Å². The number of hydrogen-bond donors (Lipinski definition) is 3. The maximum absolute atomic E-state index is 8.62. The van der Waals surface area contributed by atoms with E-state index < -0.39 is 0 Å². The molecule has 10 heavy (non-hydrogen) atoms. The second kappa shape index (κ2) is 6.38. The molecule has 2 atom stereocenters. The van der Waals surface area contributed by atoms with E-state index in [-0.39, 0.29) is 11.9 Å². The summed E-state index contributed by atoms with van der Waals surface area (Å²) in [7, 11) is 0. The maximum atomic E-state index is 8.62. The van der Waals surface area contributed by atoms with E-state index in [4.69, 9.17) is 5.11 Å². The monoisotopic (exact) mass is 180 g/mol. The zero-order chi connectivity index (χ0) is 7.98. The molecule has 62 valence electrons. The summed E-state index contributed by atoms with van der Waals surface area (Å²) in [6.45, 7) is 2.29. The quantitative estimate of drug-likeness (QED) is 0.551. The molecule has 0 fully saturated rings. The van der Waals surface area contributed by atoms with Crippen molar-refractivity contribution < 1.29 is 5.11 Å². The van der Waals surface area contributed by atoms with E-state index >= 15 is 0 Å². The molecule has 0 aromatic heterocycles. The van der Waals surface area contributed by atoms with Crippen LogP contribution in [0.3, 0.4) is 0 Å². The molecule has 0 heterocycles. The molecule has 1 nitrogen and oxygen atoms in total. The van der Waals surface area contributed by atoms with Crippen molar-refractivity contribution in [3.63, 3.8) is 0 Å². The van der Waals surface area contributed by atoms with Gasteiger partial charge in [-0.25, -0.2) is 0 Å². The van der Waals surface area contributed by atoms with Crippen LogP contribution in [0.25, 0.3) is 0 Å². The first kappa shape index (κ1) is 10.7. The normalized spacial score (nSPS) is 16.8. The van der Waals surface area contributed by atoms with Gasteiger partial charge in [-0.3, -0.25) is 0 Å². The number of aliphatic hydroxyl groups excluding tert-OH is 1. The van der Waals surface area contributed by atoms with E-state index in [1.54, 1.807) is 0 Å². The van der Waals surface area contributed by atoms with Crippen LogP contribution >= 0.6 is 25.3 Å². The Morgan fingerprint density at radius 1 is 1.20 bits per heavy atom. The number of aliphatic hydroxyl groups is 1. The Bertz CT molecular complexity index is 68.0. The van der Waals surface area contributed by atoms with Gasteiger partial charge in [0.05, 0.1) is 6.61 Å². The van der Waals surface area contributed by atoms with Gasteiger partial charge in [0.15, 0.2) is 0 Å². The summed E-state index contributed by atoms with van der Waals surface area (Å²) < 4.78 is 0. The molecule has 0 aliphatic heterocycles. The van der Waals surface area contributed by atoms with Gasteiger partial charge in [-0.1, -0.05) is 6.92 Å². The van der Waals surface area contributed by atoms with E-state index in [0.29, 0.717) is 5.25 Å². The average molecular weight is 180 g/mol. The summed E-state index contributed by atoms with van der Waals surface area (Å²) in [6.07, 6.45) is 3.10. The topological polar surface area (TPSA) is 20.2 Å². The Kier molecular flexibility index (Phi) is 6.80. The molecule has 0 amide bonds. The van der Waals surface area contributed by atoms with E-state index in [1.807, 2.05) is 0 Å². The second-order valence-electron chi connectivity index (χ2n) is 2.48. The van der Waals surface area contributed by atoms with Crippen molar-refractivity contribution in [3.05, 3.63) is 0 Å². The molecular weight excluding hydrogens is 164 g/mol. The van der Waals surface area contributed by atoms with Gasteiger partial charge in [0, 0.05) is 10.5 Å². The van der Waals surface area contributed by atoms with Gasteiger partial charge >= 0.3 is 0 Å². The zero-order valence-corrected chi connectivity index (χ0v) is 8.11. The minimum atomic E-state index is 0.140. The van der Waals surface area contributed by atoms with Crippen LogP contribution in [0.15, 0.2) is 0 Å². The summed E-state index contributed by atoms with van der Waals surface area (Å²) in [4.78, 5) is 0. The first-order valence-electron chi connectivity index (χ1n) is 3.67. The molecule has 0 aromatic rings. The minimum absolute atomic E-state index is 0.140. The lowest BCUT2D eigenvalue weighted by molar-refractivity contribution is 0.289. The number of thiol groups is 2. The first-order chi connectivity index (χ1) is 4.70. The Balaban J connectivity index is 3.17. The van der Waals surface area contributed by atoms with Crippen LogP contribution in [0.5, 0.6) is 0 Å². The molecule has 0 saturated heterocycles. The highest BCUT2D eigenvalue weighted by Crippen LogP contribution is 2.12. The van der Waals surface area contributed by atoms with Crippen molar-refractivity contribution in [1.82, 2.24) is 0 Å². The molecular formula is C7H16OS2. The summed E-state index contributed by atoms with van der Waals surface area (Å²) in [6, 6.07) is 0. The van der Waals surface area contributed by atoms with Crippen LogP contribution in [-0.2, 0) is 0 Å². The Hall–Kier alpha value is 0.660. The van der Waals surface area contributed by atoms with Gasteiger partial charge in [-0.05, 0) is 19.3 Å². The molecule has 0 rings (SSSR count). The van der Waals surface area contributed by atoms with E-state index in [1.165, 1.54) is 0 Å². The fourth-order valence-corrected chi connectivity index (χ4v) is 0.978. The Morgan fingerprint density at radius 3 is 2.10 bits per heavy atom. The number of hydrogen-bond acceptors (Lipinski definition) is 3. The van der Waals surface area contributed by atoms with Gasteiger partial charge in [0.2, 0.25) is 0 Å². The molecule has 3 heteroatoms. The SMILES string of the molecule is CCC(S)CCC(S)CO. The van der Waals surface area contributed by atoms with Gasteiger partial charge in [0.1, 0.15) is 0 Å². The van der Waals surface area contributed by atoms with Gasteiger partial charge in [-0.15, -0.1) is 0 Å².